The van der Waals surface area contributed by atoms with Crippen LogP contribution in [0, 0.1) is 0 Å². The van der Waals surface area contributed by atoms with Crippen LogP contribution in [0.15, 0.2) is 0 Å². The van der Waals surface area contributed by atoms with Gasteiger partial charge in [0.2, 0.25) is 0 Å². The molecule has 0 aromatic carbocycles. The molecule has 0 aromatic rings. The van der Waals surface area contributed by atoms with Gasteiger partial charge < -0.3 is 43.7 Å². The predicted molar refractivity (Wildman–Crippen MR) is 66.0 cm³/mol. The summed E-state index contributed by atoms with van der Waals surface area (Å²) in [4.78, 5) is 19.5. The number of hydrogen-bond donors (Lipinski definition) is 8. The number of carboxylic acid groups (broad SMARTS) is 2. The van der Waals surface area contributed by atoms with Crippen molar-refractivity contribution in [3.8, 4) is 0 Å². The molecule has 0 aromatic heterocycles. The number of aliphatic hydroxyl groups is 6. The molecule has 0 heterocycles. The topological polar surface area (TPSA) is 196 Å². The first-order valence-electron chi connectivity index (χ1n) is 5.03. The summed E-state index contributed by atoms with van der Waals surface area (Å²) in [6, 6.07) is 0. The van der Waals surface area contributed by atoms with Crippen molar-refractivity contribution in [1.29, 1.82) is 0 Å². The molecule has 0 aliphatic heterocycles. The molecule has 0 spiro atoms. The minimum Gasteiger partial charge on any atom is -1.00 e. The summed E-state index contributed by atoms with van der Waals surface area (Å²) in [5.41, 5.74) is 0. The molecule has 5 atom stereocenters. The largest absolute Gasteiger partial charge is 2.00 e. The van der Waals surface area contributed by atoms with Crippen LogP contribution in [0.1, 0.15) is 9.78 Å². The summed E-state index contributed by atoms with van der Waals surface area (Å²) in [6.45, 7) is 0.354. The third-order valence-electron chi connectivity index (χ3n) is 1.87. The zero-order chi connectivity index (χ0) is 15.7. The van der Waals surface area contributed by atoms with Gasteiger partial charge >= 0.3 is 49.7 Å². The van der Waals surface area contributed by atoms with Gasteiger partial charge in [0, 0.05) is 17.1 Å². The Morgan fingerprint density at radius 3 is 1.48 bits per heavy atom. The maximum absolute atomic E-state index is 10.1. The van der Waals surface area contributed by atoms with Crippen LogP contribution >= 0.6 is 0 Å². The van der Waals surface area contributed by atoms with E-state index in [2.05, 4.69) is 0 Å². The maximum Gasteiger partial charge on any atom is 2.00 e. The summed E-state index contributed by atoms with van der Waals surface area (Å²) in [6.07, 6.45) is -9.07. The fourth-order valence-electron chi connectivity index (χ4n) is 0.668. The first-order valence-corrected chi connectivity index (χ1v) is 5.03. The molecule has 0 radical (unpaired) electrons. The number of carboxylic acids is 2. The van der Waals surface area contributed by atoms with E-state index in [0.717, 1.165) is 0 Å². The summed E-state index contributed by atoms with van der Waals surface area (Å²) in [5.74, 6) is -2.91. The molecule has 8 N–H and O–H groups in total. The van der Waals surface area contributed by atoms with E-state index >= 15 is 0 Å². The van der Waals surface area contributed by atoms with Crippen molar-refractivity contribution in [3.63, 3.8) is 0 Å². The van der Waals surface area contributed by atoms with Crippen LogP contribution in [0.3, 0.4) is 0 Å². The summed E-state index contributed by atoms with van der Waals surface area (Å²) >= 11 is 0. The van der Waals surface area contributed by atoms with Gasteiger partial charge in [0.15, 0.2) is 6.10 Å². The van der Waals surface area contributed by atoms with Crippen molar-refractivity contribution in [3.05, 3.63) is 0 Å². The van der Waals surface area contributed by atoms with Crippen molar-refractivity contribution in [2.24, 2.45) is 0 Å². The van der Waals surface area contributed by atoms with Crippen LogP contribution in [0.25, 0.3) is 0 Å². The molecular formula is C9H20CaFeO10. The number of aliphatic hydroxyl groups excluding tert-OH is 6. The van der Waals surface area contributed by atoms with Crippen molar-refractivity contribution < 1.29 is 70.4 Å². The van der Waals surface area contributed by atoms with Crippen LogP contribution in [-0.4, -0.2) is 128 Å². The van der Waals surface area contributed by atoms with Crippen LogP contribution in [0.4, 0.5) is 0 Å². The Balaban J connectivity index is -0.0000000635. The van der Waals surface area contributed by atoms with Gasteiger partial charge in [0.25, 0.3) is 0 Å². The molecule has 126 valence electrons. The molecule has 0 bridgehead atoms. The van der Waals surface area contributed by atoms with Crippen molar-refractivity contribution in [2.75, 3.05) is 6.61 Å². The summed E-state index contributed by atoms with van der Waals surface area (Å²) < 4.78 is 0. The van der Waals surface area contributed by atoms with Gasteiger partial charge in [-0.2, -0.15) is 0 Å². The molecule has 0 saturated heterocycles. The second kappa shape index (κ2) is 15.4. The van der Waals surface area contributed by atoms with Gasteiger partial charge in [-0.3, -0.25) is 0 Å². The third-order valence-corrected chi connectivity index (χ3v) is 1.87. The SMILES string of the molecule is CC(O)C(=O)O.O=C(O)[C@H](O)[C@@H](O)[C@H](O)[C@H](O)CO.[Ca+2].[Fe].[H-].[H-]. The molecule has 0 fully saturated rings. The monoisotopic (exact) mass is 384 g/mol. The zero-order valence-electron chi connectivity index (χ0n) is 13.0. The third kappa shape index (κ3) is 13.8. The zero-order valence-corrected chi connectivity index (χ0v) is 14.4. The first-order chi connectivity index (χ1) is 8.56. The van der Waals surface area contributed by atoms with Crippen molar-refractivity contribution >= 4 is 49.7 Å². The number of rotatable bonds is 6. The number of hydrogen-bond acceptors (Lipinski definition) is 8. The normalized spacial score (nSPS) is 16.5. The van der Waals surface area contributed by atoms with E-state index in [0.29, 0.717) is 0 Å². The Labute approximate surface area is 163 Å². The molecule has 12 heteroatoms. The van der Waals surface area contributed by atoms with E-state index in [4.69, 9.17) is 40.9 Å². The van der Waals surface area contributed by atoms with Crippen LogP contribution in [0.2, 0.25) is 0 Å². The van der Waals surface area contributed by atoms with Gasteiger partial charge in [-0.05, 0) is 6.92 Å². The standard InChI is InChI=1S/C6H12O7.C3H6O3.Ca.Fe.2H/c7-1-2(8)3(9)4(10)5(11)6(12)13;1-2(4)3(5)6;;;;/h2-5,7-11H,1H2,(H,12,13);2,4H,1H3,(H,5,6);;;;/q;;+2;;2*-1/t2-,3-,4+,5-;;;;;/m1...../s1. The molecule has 0 rings (SSSR count). The fourth-order valence-corrected chi connectivity index (χ4v) is 0.668. The average molecular weight is 384 g/mol. The second-order valence-corrected chi connectivity index (χ2v) is 3.53. The Morgan fingerprint density at radius 2 is 1.29 bits per heavy atom. The molecule has 0 amide bonds. The molecule has 21 heavy (non-hydrogen) atoms. The Hall–Kier alpha value is 0.479. The molecule has 0 saturated carbocycles. The Bertz CT molecular complexity index is 300. The van der Waals surface area contributed by atoms with Gasteiger partial charge in [0.1, 0.15) is 24.4 Å². The van der Waals surface area contributed by atoms with E-state index in [1.807, 2.05) is 0 Å². The minimum atomic E-state index is -2.20. The van der Waals surface area contributed by atoms with Gasteiger partial charge in [-0.1, -0.05) is 0 Å². The van der Waals surface area contributed by atoms with E-state index in [9.17, 15) is 9.59 Å². The smallest absolute Gasteiger partial charge is 1.00 e. The Kier molecular flexibility index (Phi) is 21.6. The van der Waals surface area contributed by atoms with E-state index in [1.54, 1.807) is 0 Å². The van der Waals surface area contributed by atoms with E-state index < -0.39 is 49.1 Å². The molecule has 10 nitrogen and oxygen atoms in total. The predicted octanol–water partition coefficient (Wildman–Crippen LogP) is -4.20. The molecule has 0 aliphatic rings. The maximum atomic E-state index is 10.1. The van der Waals surface area contributed by atoms with Crippen molar-refractivity contribution in [1.82, 2.24) is 0 Å². The first kappa shape index (κ1) is 29.5. The Morgan fingerprint density at radius 1 is 0.952 bits per heavy atom. The minimum absolute atomic E-state index is 0. The quantitative estimate of drug-likeness (QED) is 0.208. The fraction of sp³-hybridized carbons (Fsp3) is 0.778. The average Bonchev–Trinajstić information content (AvgIpc) is 2.35. The summed E-state index contributed by atoms with van der Waals surface area (Å²) in [7, 11) is 0. The number of aliphatic carboxylic acids is 2. The number of carbonyl (C=O) groups is 2. The van der Waals surface area contributed by atoms with Gasteiger partial charge in [0.05, 0.1) is 6.61 Å². The van der Waals surface area contributed by atoms with Crippen molar-refractivity contribution in [2.45, 2.75) is 37.4 Å². The van der Waals surface area contributed by atoms with Crippen LogP contribution < -0.4 is 0 Å². The second-order valence-electron chi connectivity index (χ2n) is 3.53. The molecule has 1 unspecified atom stereocenters. The van der Waals surface area contributed by atoms with E-state index in [1.165, 1.54) is 6.92 Å². The van der Waals surface area contributed by atoms with E-state index in [-0.39, 0.29) is 57.7 Å². The molecule has 0 aliphatic carbocycles. The van der Waals surface area contributed by atoms with Crippen LogP contribution in [-0.2, 0) is 26.7 Å². The van der Waals surface area contributed by atoms with Crippen LogP contribution in [0.5, 0.6) is 0 Å². The van der Waals surface area contributed by atoms with Gasteiger partial charge in [-0.15, -0.1) is 0 Å². The van der Waals surface area contributed by atoms with Gasteiger partial charge in [-0.25, -0.2) is 9.59 Å². The summed E-state index contributed by atoms with van der Waals surface area (Å²) in [5, 5.41) is 67.6. The molecular weight excluding hydrogens is 364 g/mol.